The van der Waals surface area contributed by atoms with Gasteiger partial charge in [0.15, 0.2) is 5.78 Å². The van der Waals surface area contributed by atoms with Gasteiger partial charge in [0.25, 0.3) is 0 Å². The Hall–Kier alpha value is -1.17. The molecule has 0 saturated carbocycles. The monoisotopic (exact) mass is 226 g/mol. The van der Waals surface area contributed by atoms with Crippen LogP contribution in [0.4, 0.5) is 0 Å². The normalized spacial score (nSPS) is 29.6. The smallest absolute Gasteiger partial charge is 0.163 e. The summed E-state index contributed by atoms with van der Waals surface area (Å²) >= 11 is 0. The van der Waals surface area contributed by atoms with E-state index < -0.39 is 18.3 Å². The first-order valence-corrected chi connectivity index (χ1v) is 5.09. The molecule has 88 valence electrons. The summed E-state index contributed by atoms with van der Waals surface area (Å²) in [6.07, 6.45) is -2.61. The third-order valence-electron chi connectivity index (χ3n) is 2.75. The first kappa shape index (κ1) is 11.3. The number of Topliss-reactive ketones (excluding diaryl/α,β-unsaturated/α-hetero) is 1. The average molecular weight is 226 g/mol. The van der Waals surface area contributed by atoms with Gasteiger partial charge in [-0.15, -0.1) is 0 Å². The van der Waals surface area contributed by atoms with Crippen LogP contribution < -0.4 is 0 Å². The van der Waals surface area contributed by atoms with E-state index in [0.717, 1.165) is 0 Å². The first-order valence-electron chi connectivity index (χ1n) is 5.09. The highest BCUT2D eigenvalue weighted by Gasteiger charge is 2.38. The fourth-order valence-electron chi connectivity index (χ4n) is 1.85. The summed E-state index contributed by atoms with van der Waals surface area (Å²) in [5.74, 6) is 0.784. The molecule has 0 bridgehead atoms. The van der Waals surface area contributed by atoms with E-state index in [-0.39, 0.29) is 12.4 Å². The standard InChI is InChI=1S/C11H14O5/c1-5(12)7-3-9(16-6(7)2)11-10(14)8(13)4-15-11/h3,8,10-11,13-14H,4H2,1-2H3/t8-,10-,11+/m1/s1. The highest BCUT2D eigenvalue weighted by atomic mass is 16.5. The second-order valence-electron chi connectivity index (χ2n) is 3.99. The zero-order valence-corrected chi connectivity index (χ0v) is 9.14. The van der Waals surface area contributed by atoms with Gasteiger partial charge in [-0.3, -0.25) is 4.79 Å². The number of carbonyl (C=O) groups excluding carboxylic acids is 1. The van der Waals surface area contributed by atoms with Gasteiger partial charge >= 0.3 is 0 Å². The molecule has 0 radical (unpaired) electrons. The van der Waals surface area contributed by atoms with Gasteiger partial charge in [-0.1, -0.05) is 0 Å². The van der Waals surface area contributed by atoms with Crippen LogP contribution in [0.15, 0.2) is 10.5 Å². The quantitative estimate of drug-likeness (QED) is 0.721. The number of carbonyl (C=O) groups is 1. The Morgan fingerprint density at radius 1 is 1.50 bits per heavy atom. The number of aliphatic hydroxyl groups excluding tert-OH is 2. The number of aryl methyl sites for hydroxylation is 1. The average Bonchev–Trinajstić information content (AvgIpc) is 2.73. The van der Waals surface area contributed by atoms with Crippen LogP contribution in [-0.4, -0.2) is 34.8 Å². The van der Waals surface area contributed by atoms with Crippen LogP contribution in [-0.2, 0) is 4.74 Å². The van der Waals surface area contributed by atoms with Gasteiger partial charge in [-0.2, -0.15) is 0 Å². The van der Waals surface area contributed by atoms with Gasteiger partial charge < -0.3 is 19.4 Å². The van der Waals surface area contributed by atoms with Crippen molar-refractivity contribution in [1.29, 1.82) is 0 Å². The summed E-state index contributed by atoms with van der Waals surface area (Å²) in [5.41, 5.74) is 0.479. The van der Waals surface area contributed by atoms with Gasteiger partial charge in [-0.05, 0) is 19.9 Å². The summed E-state index contributed by atoms with van der Waals surface area (Å²) in [6.45, 7) is 3.20. The van der Waals surface area contributed by atoms with Crippen LogP contribution in [0.25, 0.3) is 0 Å². The van der Waals surface area contributed by atoms with Crippen molar-refractivity contribution in [3.05, 3.63) is 23.2 Å². The van der Waals surface area contributed by atoms with E-state index in [9.17, 15) is 15.0 Å². The van der Waals surface area contributed by atoms with E-state index in [0.29, 0.717) is 17.1 Å². The molecule has 0 aromatic carbocycles. The molecule has 0 spiro atoms. The molecule has 2 rings (SSSR count). The number of hydrogen-bond acceptors (Lipinski definition) is 5. The topological polar surface area (TPSA) is 79.9 Å². The van der Waals surface area contributed by atoms with Crippen LogP contribution in [0.3, 0.4) is 0 Å². The van der Waals surface area contributed by atoms with Crippen LogP contribution in [0.2, 0.25) is 0 Å². The Labute approximate surface area is 92.6 Å². The maximum absolute atomic E-state index is 11.2. The molecule has 2 heterocycles. The first-order chi connectivity index (χ1) is 7.50. The third-order valence-corrected chi connectivity index (χ3v) is 2.75. The molecule has 1 aliphatic heterocycles. The molecule has 0 amide bonds. The lowest BCUT2D eigenvalue weighted by molar-refractivity contribution is 0.0117. The highest BCUT2D eigenvalue weighted by Crippen LogP contribution is 2.32. The fourth-order valence-corrected chi connectivity index (χ4v) is 1.85. The summed E-state index contributed by atoms with van der Waals surface area (Å²) in [5, 5.41) is 19.0. The molecule has 1 aromatic heterocycles. The Bertz CT molecular complexity index is 409. The highest BCUT2D eigenvalue weighted by molar-refractivity contribution is 5.95. The molecule has 3 atom stereocenters. The van der Waals surface area contributed by atoms with E-state index in [1.807, 2.05) is 0 Å². The molecule has 16 heavy (non-hydrogen) atoms. The summed E-state index contributed by atoms with van der Waals surface area (Å²) in [4.78, 5) is 11.2. The van der Waals surface area contributed by atoms with Crippen molar-refractivity contribution >= 4 is 5.78 Å². The Kier molecular flexibility index (Phi) is 2.84. The van der Waals surface area contributed by atoms with Crippen molar-refractivity contribution in [2.75, 3.05) is 6.61 Å². The summed E-state index contributed by atoms with van der Waals surface area (Å²) in [7, 11) is 0. The van der Waals surface area contributed by atoms with E-state index in [1.165, 1.54) is 6.92 Å². The maximum Gasteiger partial charge on any atom is 0.163 e. The van der Waals surface area contributed by atoms with Crippen molar-refractivity contribution in [3.8, 4) is 0 Å². The fraction of sp³-hybridized carbons (Fsp3) is 0.545. The molecule has 0 aliphatic carbocycles. The van der Waals surface area contributed by atoms with Gasteiger partial charge in [0.05, 0.1) is 12.2 Å². The van der Waals surface area contributed by atoms with E-state index in [4.69, 9.17) is 9.15 Å². The molecule has 5 heteroatoms. The lowest BCUT2D eigenvalue weighted by Crippen LogP contribution is -2.24. The number of aliphatic hydroxyl groups is 2. The Balaban J connectivity index is 2.28. The number of rotatable bonds is 2. The van der Waals surface area contributed by atoms with E-state index in [2.05, 4.69) is 0 Å². The molecule has 5 nitrogen and oxygen atoms in total. The summed E-state index contributed by atoms with van der Waals surface area (Å²) < 4.78 is 10.6. The van der Waals surface area contributed by atoms with Crippen LogP contribution in [0, 0.1) is 6.92 Å². The largest absolute Gasteiger partial charge is 0.463 e. The molecule has 0 unspecified atom stereocenters. The molecular weight excluding hydrogens is 212 g/mol. The minimum Gasteiger partial charge on any atom is -0.463 e. The molecule has 1 aromatic rings. The van der Waals surface area contributed by atoms with Gasteiger partial charge in [0, 0.05) is 0 Å². The number of ketones is 1. The van der Waals surface area contributed by atoms with Gasteiger partial charge in [-0.25, -0.2) is 0 Å². The molecule has 2 N–H and O–H groups in total. The van der Waals surface area contributed by atoms with Crippen molar-refractivity contribution < 1.29 is 24.2 Å². The van der Waals surface area contributed by atoms with E-state index in [1.54, 1.807) is 13.0 Å². The predicted molar refractivity (Wildman–Crippen MR) is 54.2 cm³/mol. The predicted octanol–water partition coefficient (Wildman–Crippen LogP) is 0.584. The second-order valence-corrected chi connectivity index (χ2v) is 3.99. The molecule has 1 saturated heterocycles. The molecular formula is C11H14O5. The second kappa shape index (κ2) is 4.01. The van der Waals surface area contributed by atoms with Gasteiger partial charge in [0.1, 0.15) is 29.8 Å². The minimum absolute atomic E-state index is 0.0704. The van der Waals surface area contributed by atoms with Crippen molar-refractivity contribution in [3.63, 3.8) is 0 Å². The molecule has 1 aliphatic rings. The van der Waals surface area contributed by atoms with Crippen LogP contribution >= 0.6 is 0 Å². The van der Waals surface area contributed by atoms with Gasteiger partial charge in [0.2, 0.25) is 0 Å². The molecule has 1 fully saturated rings. The number of furan rings is 1. The van der Waals surface area contributed by atoms with Crippen LogP contribution in [0.5, 0.6) is 0 Å². The van der Waals surface area contributed by atoms with E-state index >= 15 is 0 Å². The summed E-state index contributed by atoms with van der Waals surface area (Å²) in [6, 6.07) is 1.56. The number of ether oxygens (including phenoxy) is 1. The van der Waals surface area contributed by atoms with Crippen molar-refractivity contribution in [2.24, 2.45) is 0 Å². The lowest BCUT2D eigenvalue weighted by Gasteiger charge is -2.11. The zero-order chi connectivity index (χ0) is 11.9. The Morgan fingerprint density at radius 2 is 2.19 bits per heavy atom. The van der Waals surface area contributed by atoms with Crippen LogP contribution in [0.1, 0.15) is 34.9 Å². The maximum atomic E-state index is 11.2. The zero-order valence-electron chi connectivity index (χ0n) is 9.14. The van der Waals surface area contributed by atoms with Crippen molar-refractivity contribution in [2.45, 2.75) is 32.2 Å². The minimum atomic E-state index is -1.01. The SMILES string of the molecule is CC(=O)c1cc([C@@H]2OC[C@@H](O)[C@H]2O)oc1C. The lowest BCUT2D eigenvalue weighted by atomic mass is 10.1. The third kappa shape index (κ3) is 1.77. The van der Waals surface area contributed by atoms with Crippen molar-refractivity contribution in [1.82, 2.24) is 0 Å². The Morgan fingerprint density at radius 3 is 2.62 bits per heavy atom. The number of hydrogen-bond donors (Lipinski definition) is 2.